The van der Waals surface area contributed by atoms with Crippen LogP contribution in [0.1, 0.15) is 18.4 Å². The summed E-state index contributed by atoms with van der Waals surface area (Å²) in [6.07, 6.45) is 3.35. The largest absolute Gasteiger partial charge is 0.490 e. The van der Waals surface area contributed by atoms with Crippen molar-refractivity contribution in [3.63, 3.8) is 0 Å². The summed E-state index contributed by atoms with van der Waals surface area (Å²) in [4.78, 5) is 0. The first-order valence-corrected chi connectivity index (χ1v) is 9.98. The molecule has 1 N–H and O–H groups in total. The van der Waals surface area contributed by atoms with E-state index in [1.807, 2.05) is 12.1 Å². The average molecular weight is 424 g/mol. The second-order valence-corrected chi connectivity index (χ2v) is 7.90. The van der Waals surface area contributed by atoms with Crippen LogP contribution in [0, 0.1) is 23.4 Å². The third kappa shape index (κ3) is 3.77. The van der Waals surface area contributed by atoms with Gasteiger partial charge in [-0.05, 0) is 60.7 Å². The predicted molar refractivity (Wildman–Crippen MR) is 110 cm³/mol. The van der Waals surface area contributed by atoms with Crippen LogP contribution in [0.5, 0.6) is 5.75 Å². The highest BCUT2D eigenvalue weighted by Gasteiger charge is 2.46. The van der Waals surface area contributed by atoms with Crippen molar-refractivity contribution in [2.45, 2.75) is 18.4 Å². The molecule has 4 aromatic rings. The van der Waals surface area contributed by atoms with E-state index >= 15 is 0 Å². The zero-order valence-corrected chi connectivity index (χ0v) is 16.4. The highest BCUT2D eigenvalue weighted by molar-refractivity contribution is 5.81. The van der Waals surface area contributed by atoms with E-state index in [2.05, 4.69) is 5.10 Å². The molecule has 0 amide bonds. The van der Waals surface area contributed by atoms with Gasteiger partial charge >= 0.3 is 0 Å². The van der Waals surface area contributed by atoms with Gasteiger partial charge in [0.05, 0.1) is 17.4 Å². The zero-order chi connectivity index (χ0) is 21.6. The molecule has 1 aromatic heterocycles. The highest BCUT2D eigenvalue weighted by Crippen LogP contribution is 2.46. The molecule has 158 valence electrons. The molecule has 4 nitrogen and oxygen atoms in total. The van der Waals surface area contributed by atoms with Crippen molar-refractivity contribution in [1.82, 2.24) is 9.78 Å². The maximum atomic E-state index is 13.5. The fourth-order valence-electron chi connectivity index (χ4n) is 3.89. The average Bonchev–Trinajstić information content (AvgIpc) is 3.52. The third-order valence-electron chi connectivity index (χ3n) is 5.69. The number of halogens is 3. The Kier molecular flexibility index (Phi) is 4.70. The molecule has 1 unspecified atom stereocenters. The Bertz CT molecular complexity index is 1230. The molecule has 1 aliphatic carbocycles. The third-order valence-corrected chi connectivity index (χ3v) is 5.69. The Morgan fingerprint density at radius 3 is 2.32 bits per heavy atom. The molecular formula is C24H19F3N2O2. The van der Waals surface area contributed by atoms with Crippen molar-refractivity contribution in [3.05, 3.63) is 89.9 Å². The highest BCUT2D eigenvalue weighted by atomic mass is 19.1. The van der Waals surface area contributed by atoms with Gasteiger partial charge in [0.15, 0.2) is 0 Å². The molecule has 0 saturated heterocycles. The van der Waals surface area contributed by atoms with Crippen molar-refractivity contribution in [3.8, 4) is 11.4 Å². The molecule has 1 saturated carbocycles. The van der Waals surface area contributed by atoms with Crippen LogP contribution in [-0.2, 0) is 5.60 Å². The van der Waals surface area contributed by atoms with Crippen LogP contribution in [0.4, 0.5) is 13.2 Å². The van der Waals surface area contributed by atoms with E-state index in [-0.39, 0.29) is 24.1 Å². The summed E-state index contributed by atoms with van der Waals surface area (Å²) in [5.74, 6) is -1.77. The van der Waals surface area contributed by atoms with Gasteiger partial charge in [-0.25, -0.2) is 17.9 Å². The summed E-state index contributed by atoms with van der Waals surface area (Å²) < 4.78 is 47.5. The standard InChI is InChI=1S/C24H19F3N2O2/c25-18-4-6-21(7-5-18)29-23-8-3-17(9-15(23)13-28-29)24(30,16-1-2-16)14-31-22-11-19(26)10-20(27)12-22/h3-13,16,30H,1-2,14H2. The molecule has 3 aromatic carbocycles. The fourth-order valence-corrected chi connectivity index (χ4v) is 3.89. The molecule has 31 heavy (non-hydrogen) atoms. The number of aromatic nitrogens is 2. The number of fused-ring (bicyclic) bond motifs is 1. The number of hydrogen-bond donors (Lipinski definition) is 1. The van der Waals surface area contributed by atoms with Gasteiger partial charge in [-0.2, -0.15) is 5.10 Å². The maximum absolute atomic E-state index is 13.5. The van der Waals surface area contributed by atoms with Crippen molar-refractivity contribution in [2.75, 3.05) is 6.61 Å². The van der Waals surface area contributed by atoms with E-state index in [0.717, 1.165) is 47.6 Å². The van der Waals surface area contributed by atoms with Crippen LogP contribution in [0.15, 0.2) is 66.9 Å². The first-order valence-electron chi connectivity index (χ1n) is 9.98. The normalized spacial score (nSPS) is 15.7. The Balaban J connectivity index is 1.46. The van der Waals surface area contributed by atoms with Gasteiger partial charge in [-0.1, -0.05) is 6.07 Å². The minimum absolute atomic E-state index is 0.00417. The molecule has 5 rings (SSSR count). The van der Waals surface area contributed by atoms with Crippen molar-refractivity contribution in [1.29, 1.82) is 0 Å². The smallest absolute Gasteiger partial charge is 0.129 e. The number of benzene rings is 3. The van der Waals surface area contributed by atoms with Gasteiger partial charge in [-0.15, -0.1) is 0 Å². The van der Waals surface area contributed by atoms with Crippen LogP contribution >= 0.6 is 0 Å². The molecule has 0 radical (unpaired) electrons. The fraction of sp³-hybridized carbons (Fsp3) is 0.208. The quantitative estimate of drug-likeness (QED) is 0.467. The van der Waals surface area contributed by atoms with Gasteiger partial charge in [0.2, 0.25) is 0 Å². The summed E-state index contributed by atoms with van der Waals surface area (Å²) in [6.45, 7) is -0.127. The van der Waals surface area contributed by atoms with Crippen molar-refractivity contribution in [2.24, 2.45) is 5.92 Å². The SMILES string of the molecule is OC(COc1cc(F)cc(F)c1)(c1ccc2c(cnn2-c2ccc(F)cc2)c1)C1CC1. The molecule has 0 bridgehead atoms. The number of rotatable bonds is 6. The number of ether oxygens (including phenoxy) is 1. The summed E-state index contributed by atoms with van der Waals surface area (Å²) >= 11 is 0. The van der Waals surface area contributed by atoms with Gasteiger partial charge in [0, 0.05) is 23.6 Å². The molecule has 1 aliphatic rings. The number of aliphatic hydroxyl groups is 1. The molecule has 1 fully saturated rings. The van der Waals surface area contributed by atoms with Crippen LogP contribution in [-0.4, -0.2) is 21.5 Å². The monoisotopic (exact) mass is 424 g/mol. The molecule has 1 heterocycles. The van der Waals surface area contributed by atoms with Gasteiger partial charge in [0.25, 0.3) is 0 Å². The van der Waals surface area contributed by atoms with E-state index < -0.39 is 17.2 Å². The Hall–Kier alpha value is -3.32. The second kappa shape index (κ2) is 7.42. The van der Waals surface area contributed by atoms with Crippen molar-refractivity contribution < 1.29 is 23.0 Å². The van der Waals surface area contributed by atoms with E-state index in [9.17, 15) is 18.3 Å². The second-order valence-electron chi connectivity index (χ2n) is 7.90. The van der Waals surface area contributed by atoms with Gasteiger partial charge in [-0.3, -0.25) is 0 Å². The lowest BCUT2D eigenvalue weighted by Crippen LogP contribution is -2.35. The number of nitrogens with zero attached hydrogens (tertiary/aromatic N) is 2. The summed E-state index contributed by atoms with van der Waals surface area (Å²) in [5, 5.41) is 16.6. The lowest BCUT2D eigenvalue weighted by Gasteiger charge is -2.29. The van der Waals surface area contributed by atoms with Crippen LogP contribution in [0.3, 0.4) is 0 Å². The van der Waals surface area contributed by atoms with Gasteiger partial charge in [0.1, 0.15) is 35.4 Å². The molecule has 1 atom stereocenters. The Labute approximate surface area is 176 Å². The first kappa shape index (κ1) is 19.6. The topological polar surface area (TPSA) is 47.3 Å². The Morgan fingerprint density at radius 1 is 0.935 bits per heavy atom. The molecular weight excluding hydrogens is 405 g/mol. The van der Waals surface area contributed by atoms with E-state index in [0.29, 0.717) is 5.56 Å². The Morgan fingerprint density at radius 2 is 1.65 bits per heavy atom. The van der Waals surface area contributed by atoms with Crippen LogP contribution in [0.2, 0.25) is 0 Å². The predicted octanol–water partition coefficient (Wildman–Crippen LogP) is 5.12. The summed E-state index contributed by atoms with van der Waals surface area (Å²) in [7, 11) is 0. The minimum atomic E-state index is -1.30. The summed E-state index contributed by atoms with van der Waals surface area (Å²) in [5.41, 5.74) is 0.882. The minimum Gasteiger partial charge on any atom is -0.490 e. The zero-order valence-electron chi connectivity index (χ0n) is 16.4. The van der Waals surface area contributed by atoms with E-state index in [4.69, 9.17) is 4.74 Å². The molecule has 7 heteroatoms. The van der Waals surface area contributed by atoms with Crippen LogP contribution < -0.4 is 4.74 Å². The lowest BCUT2D eigenvalue weighted by atomic mass is 9.89. The molecule has 0 spiro atoms. The maximum Gasteiger partial charge on any atom is 0.129 e. The summed E-state index contributed by atoms with van der Waals surface area (Å²) in [6, 6.07) is 14.5. The van der Waals surface area contributed by atoms with Crippen LogP contribution in [0.25, 0.3) is 16.6 Å². The van der Waals surface area contributed by atoms with Gasteiger partial charge < -0.3 is 9.84 Å². The molecule has 0 aliphatic heterocycles. The lowest BCUT2D eigenvalue weighted by molar-refractivity contribution is -0.0295. The first-order chi connectivity index (χ1) is 14.9. The number of hydrogen-bond acceptors (Lipinski definition) is 3. The van der Waals surface area contributed by atoms with Crippen molar-refractivity contribution >= 4 is 10.9 Å². The van der Waals surface area contributed by atoms with E-state index in [1.54, 1.807) is 29.1 Å². The van der Waals surface area contributed by atoms with E-state index in [1.165, 1.54) is 12.1 Å².